The van der Waals surface area contributed by atoms with E-state index in [-0.39, 0.29) is 55.9 Å². The minimum absolute atomic E-state index is 0.0499. The second-order valence-electron chi connectivity index (χ2n) is 15.2. The van der Waals surface area contributed by atoms with Gasteiger partial charge in [0.1, 0.15) is 11.5 Å². The highest BCUT2D eigenvalue weighted by Gasteiger charge is 2.23. The molecule has 7 aromatic carbocycles. The van der Waals surface area contributed by atoms with Gasteiger partial charge in [0.25, 0.3) is 17.7 Å². The number of hydrogen-bond donors (Lipinski definition) is 8. The minimum Gasteiger partial charge on any atom is -0.478 e. The van der Waals surface area contributed by atoms with Crippen molar-refractivity contribution in [3.63, 3.8) is 0 Å². The molecule has 17 heteroatoms. The zero-order chi connectivity index (χ0) is 49.5. The van der Waals surface area contributed by atoms with Gasteiger partial charge in [-0.3, -0.25) is 19.2 Å². The van der Waals surface area contributed by atoms with Crippen LogP contribution in [0.3, 0.4) is 0 Å². The molecule has 17 nitrogen and oxygen atoms in total. The number of amides is 3. The van der Waals surface area contributed by atoms with Crippen molar-refractivity contribution in [2.24, 2.45) is 0 Å². The van der Waals surface area contributed by atoms with Gasteiger partial charge in [-0.05, 0) is 151 Å². The molecule has 0 radical (unpaired) electrons. The molecule has 7 rings (SSSR count). The Labute approximate surface area is 391 Å². The molecule has 0 aliphatic carbocycles. The Hall–Kier alpha value is -9.90. The molecule has 0 aliphatic rings. The van der Waals surface area contributed by atoms with E-state index < -0.39 is 47.4 Å². The summed E-state index contributed by atoms with van der Waals surface area (Å²) in [7, 11) is 1.74. The number of carbonyl (C=O) groups is 8. The van der Waals surface area contributed by atoms with Gasteiger partial charge in [-0.25, -0.2) is 19.2 Å². The molecule has 0 unspecified atom stereocenters. The van der Waals surface area contributed by atoms with Gasteiger partial charge in [0.2, 0.25) is 0 Å². The summed E-state index contributed by atoms with van der Waals surface area (Å²) in [4.78, 5) is 101. The Morgan fingerprint density at radius 3 is 0.884 bits per heavy atom. The molecule has 3 amide bonds. The van der Waals surface area contributed by atoms with Crippen LogP contribution in [0.15, 0.2) is 146 Å². The monoisotopic (exact) mass is 926 g/mol. The zero-order valence-corrected chi connectivity index (χ0v) is 36.3. The Balaban J connectivity index is 1.03. The molecule has 0 spiro atoms. The quantitative estimate of drug-likeness (QED) is 0.0419. The third-order valence-electron chi connectivity index (χ3n) is 10.7. The number of rotatable bonds is 16. The van der Waals surface area contributed by atoms with Gasteiger partial charge in [0.05, 0.1) is 38.9 Å². The number of nitrogens with one attached hydrogen (secondary N) is 4. The number of hydrogen-bond acceptors (Lipinski definition) is 10. The smallest absolute Gasteiger partial charge is 0.336 e. The number of aromatic carboxylic acids is 4. The first-order valence-corrected chi connectivity index (χ1v) is 20.6. The van der Waals surface area contributed by atoms with Crippen LogP contribution in [-0.4, -0.2) is 74.9 Å². The predicted molar refractivity (Wildman–Crippen MR) is 254 cm³/mol. The van der Waals surface area contributed by atoms with Crippen molar-refractivity contribution in [1.29, 1.82) is 0 Å². The third kappa shape index (κ3) is 10.8. The molecular weight excluding hydrogens is 889 g/mol. The average molecular weight is 927 g/mol. The SMILES string of the molecule is CNc1ccc(NC(=O)c2cc(-c3ccc(C(=O)O)c(C(=O)Nc4ccc(Oc5ccc(NC(=O)c6cc(-c7ccc(C(=O)O)c(C(C)=O)c7)ccc6C(=O)O)cc5)cc4)c3)ccc2C(=O)O)cc1. The fourth-order valence-corrected chi connectivity index (χ4v) is 7.16. The second-order valence-corrected chi connectivity index (χ2v) is 15.2. The Morgan fingerprint density at radius 1 is 0.348 bits per heavy atom. The molecule has 344 valence electrons. The fourth-order valence-electron chi connectivity index (χ4n) is 7.16. The standard InChI is InChI=1S/C52H38N4O13/c1-27(57)42-23-28(3-19-38(42)49(61)62)29-4-20-39(50(63)64)43(24-29)47(59)55-34-11-15-36(16-12-34)69-37-17-13-35(14-18-37)56-48(60)45-26-31(6-22-41(45)52(67)68)30-5-21-40(51(65)66)44(25-30)46(58)54-33-9-7-32(53-2)8-10-33/h3-26,53H,1-2H3,(H,54,58)(H,55,59)(H,56,60)(H,61,62)(H,63,64)(H,65,66)(H,67,68). The summed E-state index contributed by atoms with van der Waals surface area (Å²) >= 11 is 0. The lowest BCUT2D eigenvalue weighted by molar-refractivity contribution is 0.0683. The maximum absolute atomic E-state index is 13.6. The molecule has 0 aliphatic heterocycles. The van der Waals surface area contributed by atoms with Gasteiger partial charge in [-0.2, -0.15) is 0 Å². The highest BCUT2D eigenvalue weighted by molar-refractivity contribution is 6.14. The summed E-state index contributed by atoms with van der Waals surface area (Å²) in [6.45, 7) is 1.22. The van der Waals surface area contributed by atoms with Crippen molar-refractivity contribution in [2.75, 3.05) is 28.3 Å². The first-order valence-electron chi connectivity index (χ1n) is 20.6. The van der Waals surface area contributed by atoms with Crippen molar-refractivity contribution in [1.82, 2.24) is 0 Å². The van der Waals surface area contributed by atoms with Crippen LogP contribution < -0.4 is 26.0 Å². The van der Waals surface area contributed by atoms with E-state index in [2.05, 4.69) is 21.3 Å². The van der Waals surface area contributed by atoms with Crippen molar-refractivity contribution in [3.8, 4) is 33.8 Å². The summed E-state index contributed by atoms with van der Waals surface area (Å²) in [6, 6.07) is 35.1. The highest BCUT2D eigenvalue weighted by atomic mass is 16.5. The maximum Gasteiger partial charge on any atom is 0.336 e. The zero-order valence-electron chi connectivity index (χ0n) is 36.3. The summed E-state index contributed by atoms with van der Waals surface area (Å²) in [6.07, 6.45) is 0. The van der Waals surface area contributed by atoms with Crippen LogP contribution in [0.2, 0.25) is 0 Å². The van der Waals surface area contributed by atoms with E-state index in [0.29, 0.717) is 39.4 Å². The van der Waals surface area contributed by atoms with Gasteiger partial charge in [-0.1, -0.05) is 24.3 Å². The molecule has 0 bridgehead atoms. The molecule has 0 aromatic heterocycles. The van der Waals surface area contributed by atoms with Crippen LogP contribution in [-0.2, 0) is 0 Å². The van der Waals surface area contributed by atoms with Crippen LogP contribution in [0.4, 0.5) is 22.7 Å². The van der Waals surface area contributed by atoms with E-state index in [4.69, 9.17) is 4.74 Å². The first kappa shape index (κ1) is 47.1. The number of carbonyl (C=O) groups excluding carboxylic acids is 4. The molecule has 8 N–H and O–H groups in total. The highest BCUT2D eigenvalue weighted by Crippen LogP contribution is 2.30. The van der Waals surface area contributed by atoms with Crippen LogP contribution in [0.1, 0.15) is 89.8 Å². The molecule has 0 saturated carbocycles. The number of Topliss-reactive ketones (excluding diaryl/α,β-unsaturated/α-hetero) is 1. The van der Waals surface area contributed by atoms with Crippen LogP contribution in [0.5, 0.6) is 11.5 Å². The van der Waals surface area contributed by atoms with E-state index in [1.54, 1.807) is 55.6 Å². The topological polar surface area (TPSA) is 275 Å². The number of ketones is 1. The lowest BCUT2D eigenvalue weighted by Crippen LogP contribution is -2.17. The molecule has 0 heterocycles. The third-order valence-corrected chi connectivity index (χ3v) is 10.7. The van der Waals surface area contributed by atoms with E-state index >= 15 is 0 Å². The lowest BCUT2D eigenvalue weighted by atomic mass is 9.94. The molecule has 0 fully saturated rings. The Bertz CT molecular complexity index is 3240. The van der Waals surface area contributed by atoms with Gasteiger partial charge < -0.3 is 46.4 Å². The van der Waals surface area contributed by atoms with E-state index in [1.165, 1.54) is 104 Å². The van der Waals surface area contributed by atoms with E-state index in [9.17, 15) is 58.8 Å². The fraction of sp³-hybridized carbons (Fsp3) is 0.0385. The van der Waals surface area contributed by atoms with Crippen molar-refractivity contribution < 1.29 is 63.5 Å². The largest absolute Gasteiger partial charge is 0.478 e. The molecule has 69 heavy (non-hydrogen) atoms. The van der Waals surface area contributed by atoms with Crippen molar-refractivity contribution in [2.45, 2.75) is 6.92 Å². The van der Waals surface area contributed by atoms with Gasteiger partial charge in [0.15, 0.2) is 5.78 Å². The molecular formula is C52H38N4O13. The predicted octanol–water partition coefficient (Wildman–Crippen LogP) is 9.61. The Kier molecular flexibility index (Phi) is 13.7. The molecule has 7 aromatic rings. The maximum atomic E-state index is 13.6. The van der Waals surface area contributed by atoms with E-state index in [1.807, 2.05) is 0 Å². The number of benzene rings is 7. The normalized spacial score (nSPS) is 10.6. The Morgan fingerprint density at radius 2 is 0.609 bits per heavy atom. The number of ether oxygens (including phenoxy) is 1. The second kappa shape index (κ2) is 20.1. The van der Waals surface area contributed by atoms with Crippen LogP contribution >= 0.6 is 0 Å². The van der Waals surface area contributed by atoms with Crippen molar-refractivity contribution in [3.05, 3.63) is 190 Å². The minimum atomic E-state index is -1.38. The molecule has 0 saturated heterocycles. The molecule has 0 atom stereocenters. The van der Waals surface area contributed by atoms with Gasteiger partial charge in [0, 0.05) is 35.4 Å². The van der Waals surface area contributed by atoms with E-state index in [0.717, 1.165) is 5.69 Å². The average Bonchev–Trinajstić information content (AvgIpc) is 3.34. The number of carboxylic acids is 4. The number of carboxylic acid groups (broad SMARTS) is 4. The van der Waals surface area contributed by atoms with Crippen LogP contribution in [0.25, 0.3) is 22.3 Å². The van der Waals surface area contributed by atoms with Crippen molar-refractivity contribution >= 4 is 70.1 Å². The number of anilines is 4. The summed E-state index contributed by atoms with van der Waals surface area (Å²) in [5.41, 5.74) is 1.50. The van der Waals surface area contributed by atoms with Gasteiger partial charge >= 0.3 is 23.9 Å². The lowest BCUT2D eigenvalue weighted by Gasteiger charge is -2.13. The van der Waals surface area contributed by atoms with Crippen LogP contribution in [0, 0.1) is 0 Å². The summed E-state index contributed by atoms with van der Waals surface area (Å²) in [5.74, 6) is -7.41. The summed E-state index contributed by atoms with van der Waals surface area (Å²) < 4.78 is 5.93. The van der Waals surface area contributed by atoms with Gasteiger partial charge in [-0.15, -0.1) is 0 Å². The summed E-state index contributed by atoms with van der Waals surface area (Å²) in [5, 5.41) is 50.1. The first-order chi connectivity index (χ1) is 33.0.